The highest BCUT2D eigenvalue weighted by atomic mass is 16.7. The third-order valence-electron chi connectivity index (χ3n) is 2.96. The average Bonchev–Trinajstić information content (AvgIpc) is 3.25. The van der Waals surface area contributed by atoms with Crippen LogP contribution >= 0.6 is 0 Å². The predicted octanol–water partition coefficient (Wildman–Crippen LogP) is 2.46. The molecule has 1 aromatic rings. The molecule has 1 aliphatic carbocycles. The lowest BCUT2D eigenvalue weighted by Gasteiger charge is -2.09. The SMILES string of the molecule is O=C(O)/C=C/c1cc([N+](=O)[O-])ccc1OCOCC1CC1. The van der Waals surface area contributed by atoms with Crippen molar-refractivity contribution in [3.8, 4) is 5.75 Å². The Balaban J connectivity index is 2.05. The number of non-ortho nitro benzene ring substituents is 1. The quantitative estimate of drug-likeness (QED) is 0.260. The molecule has 112 valence electrons. The Morgan fingerprint density at radius 2 is 2.24 bits per heavy atom. The Morgan fingerprint density at radius 1 is 1.48 bits per heavy atom. The second-order valence-corrected chi connectivity index (χ2v) is 4.73. The smallest absolute Gasteiger partial charge is 0.328 e. The maximum atomic E-state index is 10.7. The molecule has 0 bridgehead atoms. The number of carboxylic acid groups (broad SMARTS) is 1. The first-order chi connectivity index (χ1) is 10.1. The summed E-state index contributed by atoms with van der Waals surface area (Å²) in [6, 6.07) is 3.99. The number of aliphatic carboxylic acids is 1. The van der Waals surface area contributed by atoms with Crippen molar-refractivity contribution in [3.63, 3.8) is 0 Å². The van der Waals surface area contributed by atoms with Gasteiger partial charge in [0.2, 0.25) is 0 Å². The summed E-state index contributed by atoms with van der Waals surface area (Å²) in [7, 11) is 0. The van der Waals surface area contributed by atoms with E-state index in [4.69, 9.17) is 14.6 Å². The van der Waals surface area contributed by atoms with Crippen LogP contribution in [0.2, 0.25) is 0 Å². The molecule has 1 aliphatic rings. The van der Waals surface area contributed by atoms with E-state index < -0.39 is 10.9 Å². The Labute approximate surface area is 120 Å². The van der Waals surface area contributed by atoms with Crippen molar-refractivity contribution in [1.29, 1.82) is 0 Å². The van der Waals surface area contributed by atoms with Gasteiger partial charge in [-0.05, 0) is 30.9 Å². The van der Waals surface area contributed by atoms with Gasteiger partial charge in [0.15, 0.2) is 6.79 Å². The minimum atomic E-state index is -1.14. The first kappa shape index (κ1) is 15.0. The Hall–Kier alpha value is -2.41. The normalized spacial score (nSPS) is 14.3. The van der Waals surface area contributed by atoms with Gasteiger partial charge in [0.1, 0.15) is 5.75 Å². The molecule has 0 saturated heterocycles. The molecule has 7 nitrogen and oxygen atoms in total. The van der Waals surface area contributed by atoms with Gasteiger partial charge >= 0.3 is 5.97 Å². The zero-order valence-corrected chi connectivity index (χ0v) is 11.2. The number of benzene rings is 1. The molecule has 1 saturated carbocycles. The Bertz CT molecular complexity index is 565. The molecular formula is C14H15NO6. The van der Waals surface area contributed by atoms with Crippen molar-refractivity contribution in [2.75, 3.05) is 13.4 Å². The molecule has 1 N–H and O–H groups in total. The van der Waals surface area contributed by atoms with Gasteiger partial charge in [-0.3, -0.25) is 10.1 Å². The number of carboxylic acids is 1. The average molecular weight is 293 g/mol. The molecule has 0 radical (unpaired) electrons. The van der Waals surface area contributed by atoms with Crippen LogP contribution in [0.4, 0.5) is 5.69 Å². The van der Waals surface area contributed by atoms with Crippen LogP contribution in [0.3, 0.4) is 0 Å². The van der Waals surface area contributed by atoms with Crippen LogP contribution in [0.5, 0.6) is 5.75 Å². The van der Waals surface area contributed by atoms with Crippen molar-refractivity contribution < 1.29 is 24.3 Å². The first-order valence-electron chi connectivity index (χ1n) is 6.46. The third-order valence-corrected chi connectivity index (χ3v) is 2.96. The monoisotopic (exact) mass is 293 g/mol. The van der Waals surface area contributed by atoms with Crippen LogP contribution in [-0.4, -0.2) is 29.4 Å². The lowest BCUT2D eigenvalue weighted by Crippen LogP contribution is -2.06. The number of ether oxygens (including phenoxy) is 2. The highest BCUT2D eigenvalue weighted by Gasteiger charge is 2.21. The van der Waals surface area contributed by atoms with Crippen molar-refractivity contribution in [3.05, 3.63) is 40.0 Å². The minimum absolute atomic E-state index is 0.0300. The first-order valence-corrected chi connectivity index (χ1v) is 6.46. The van der Waals surface area contributed by atoms with Gasteiger partial charge in [-0.25, -0.2) is 4.79 Å². The maximum absolute atomic E-state index is 10.7. The van der Waals surface area contributed by atoms with Gasteiger partial charge in [-0.2, -0.15) is 0 Å². The summed E-state index contributed by atoms with van der Waals surface area (Å²) < 4.78 is 10.7. The highest BCUT2D eigenvalue weighted by Crippen LogP contribution is 2.29. The van der Waals surface area contributed by atoms with Crippen molar-refractivity contribution in [2.45, 2.75) is 12.8 Å². The summed E-state index contributed by atoms with van der Waals surface area (Å²) in [5.74, 6) is -0.192. The second kappa shape index (κ2) is 6.85. The highest BCUT2D eigenvalue weighted by molar-refractivity contribution is 5.86. The molecule has 21 heavy (non-hydrogen) atoms. The number of nitro benzene ring substituents is 1. The van der Waals surface area contributed by atoms with E-state index in [9.17, 15) is 14.9 Å². The van der Waals surface area contributed by atoms with Crippen LogP contribution in [0.15, 0.2) is 24.3 Å². The second-order valence-electron chi connectivity index (χ2n) is 4.73. The van der Waals surface area contributed by atoms with E-state index in [1.54, 1.807) is 0 Å². The van der Waals surface area contributed by atoms with E-state index in [-0.39, 0.29) is 12.5 Å². The van der Waals surface area contributed by atoms with E-state index in [1.165, 1.54) is 37.1 Å². The van der Waals surface area contributed by atoms with Crippen LogP contribution in [0.1, 0.15) is 18.4 Å². The van der Waals surface area contributed by atoms with Gasteiger partial charge in [-0.15, -0.1) is 0 Å². The van der Waals surface area contributed by atoms with Crippen molar-refractivity contribution >= 4 is 17.7 Å². The summed E-state index contributed by atoms with van der Waals surface area (Å²) in [6.07, 6.45) is 4.50. The third kappa shape index (κ3) is 4.88. The van der Waals surface area contributed by atoms with Gasteiger partial charge in [-0.1, -0.05) is 0 Å². The van der Waals surface area contributed by atoms with Crippen LogP contribution in [0.25, 0.3) is 6.08 Å². The van der Waals surface area contributed by atoms with Gasteiger partial charge < -0.3 is 14.6 Å². The van der Waals surface area contributed by atoms with Gasteiger partial charge in [0.25, 0.3) is 5.69 Å². The fourth-order valence-electron chi connectivity index (χ4n) is 1.68. The number of carbonyl (C=O) groups is 1. The molecule has 0 spiro atoms. The van der Waals surface area contributed by atoms with E-state index in [0.717, 1.165) is 6.08 Å². The summed E-state index contributed by atoms with van der Waals surface area (Å²) >= 11 is 0. The standard InChI is InChI=1S/C14H15NO6/c16-14(17)6-3-11-7-12(15(18)19)4-5-13(11)21-9-20-8-10-1-2-10/h3-7,10H,1-2,8-9H2,(H,16,17)/b6-3+. The molecule has 0 heterocycles. The van der Waals surface area contributed by atoms with Gasteiger partial charge in [0.05, 0.1) is 11.5 Å². The van der Waals surface area contributed by atoms with Crippen molar-refractivity contribution in [2.24, 2.45) is 5.92 Å². The molecule has 0 aromatic heterocycles. The van der Waals surface area contributed by atoms with Crippen LogP contribution in [0, 0.1) is 16.0 Å². The molecular weight excluding hydrogens is 278 g/mol. The number of nitrogens with zero attached hydrogens (tertiary/aromatic N) is 1. The topological polar surface area (TPSA) is 98.9 Å². The number of nitro groups is 1. The summed E-state index contributed by atoms with van der Waals surface area (Å²) in [5.41, 5.74) is 0.188. The summed E-state index contributed by atoms with van der Waals surface area (Å²) in [4.78, 5) is 20.8. The molecule has 2 rings (SSSR count). The molecule has 0 amide bonds. The Morgan fingerprint density at radius 3 is 2.86 bits per heavy atom. The van der Waals surface area contributed by atoms with E-state index in [2.05, 4.69) is 0 Å². The maximum Gasteiger partial charge on any atom is 0.328 e. The lowest BCUT2D eigenvalue weighted by atomic mass is 10.1. The number of hydrogen-bond acceptors (Lipinski definition) is 5. The van der Waals surface area contributed by atoms with Crippen LogP contribution in [-0.2, 0) is 9.53 Å². The largest absolute Gasteiger partial charge is 0.478 e. The molecule has 1 fully saturated rings. The zero-order valence-electron chi connectivity index (χ0n) is 11.2. The predicted molar refractivity (Wildman–Crippen MR) is 73.9 cm³/mol. The molecule has 1 aromatic carbocycles. The number of hydrogen-bond donors (Lipinski definition) is 1. The lowest BCUT2D eigenvalue weighted by molar-refractivity contribution is -0.384. The minimum Gasteiger partial charge on any atom is -0.478 e. The molecule has 0 unspecified atom stereocenters. The van der Waals surface area contributed by atoms with Crippen molar-refractivity contribution in [1.82, 2.24) is 0 Å². The Kier molecular flexibility index (Phi) is 4.89. The fourth-order valence-corrected chi connectivity index (χ4v) is 1.68. The summed E-state index contributed by atoms with van der Waals surface area (Å²) in [6.45, 7) is 0.662. The summed E-state index contributed by atoms with van der Waals surface area (Å²) in [5, 5.41) is 19.4. The zero-order chi connectivity index (χ0) is 15.2. The van der Waals surface area contributed by atoms with E-state index >= 15 is 0 Å². The van der Waals surface area contributed by atoms with Crippen LogP contribution < -0.4 is 4.74 Å². The van der Waals surface area contributed by atoms with E-state index in [0.29, 0.717) is 23.8 Å². The van der Waals surface area contributed by atoms with E-state index in [1.807, 2.05) is 0 Å². The molecule has 0 aliphatic heterocycles. The molecule has 0 atom stereocenters. The number of rotatable bonds is 8. The fraction of sp³-hybridized carbons (Fsp3) is 0.357. The van der Waals surface area contributed by atoms with Gasteiger partial charge in [0, 0.05) is 23.8 Å². The molecule has 7 heteroatoms.